The Balaban J connectivity index is 1.58. The molecule has 0 aliphatic carbocycles. The van der Waals surface area contributed by atoms with Crippen molar-refractivity contribution in [2.45, 2.75) is 0 Å². The van der Waals surface area contributed by atoms with Crippen LogP contribution in [0, 0.1) is 0 Å². The number of hydrogen-bond donors (Lipinski definition) is 3. The van der Waals surface area contributed by atoms with E-state index in [-0.39, 0.29) is 16.9 Å². The summed E-state index contributed by atoms with van der Waals surface area (Å²) < 4.78 is 4.66. The van der Waals surface area contributed by atoms with E-state index in [1.807, 2.05) is 30.3 Å². The molecule has 0 amide bonds. The Kier molecular flexibility index (Phi) is 4.58. The van der Waals surface area contributed by atoms with Crippen molar-refractivity contribution >= 4 is 40.8 Å². The average Bonchev–Trinajstić information content (AvgIpc) is 3.16. The second-order valence-corrected chi connectivity index (χ2v) is 5.62. The van der Waals surface area contributed by atoms with Crippen molar-refractivity contribution in [1.29, 1.82) is 0 Å². The number of fused-ring (bicyclic) bond motifs is 1. The molecule has 0 saturated heterocycles. The molecule has 138 valence electrons. The van der Waals surface area contributed by atoms with Crippen LogP contribution in [0.2, 0.25) is 0 Å². The van der Waals surface area contributed by atoms with Gasteiger partial charge in [0.15, 0.2) is 11.6 Å². The summed E-state index contributed by atoms with van der Waals surface area (Å²) in [5, 5.41) is 23.6. The van der Waals surface area contributed by atoms with E-state index < -0.39 is 5.97 Å². The Morgan fingerprint density at radius 3 is 2.32 bits per heavy atom. The number of anilines is 3. The van der Waals surface area contributed by atoms with E-state index in [2.05, 4.69) is 40.8 Å². The fourth-order valence-electron chi connectivity index (χ4n) is 2.34. The molecule has 2 aromatic carbocycles. The third-order valence-electron chi connectivity index (χ3n) is 3.69. The van der Waals surface area contributed by atoms with Gasteiger partial charge in [0.1, 0.15) is 0 Å². The molecular weight excluding hydrogens is 362 g/mol. The molecule has 28 heavy (non-hydrogen) atoms. The zero-order chi connectivity index (χ0) is 19.3. The zero-order valence-electron chi connectivity index (χ0n) is 14.3. The number of carboxylic acid groups (broad SMARTS) is 1. The summed E-state index contributed by atoms with van der Waals surface area (Å²) in [7, 11) is 0. The number of rotatable bonds is 6. The molecule has 0 unspecified atom stereocenters. The average molecular weight is 375 g/mol. The molecule has 0 aliphatic rings. The van der Waals surface area contributed by atoms with E-state index in [0.717, 1.165) is 5.69 Å². The van der Waals surface area contributed by atoms with Crippen LogP contribution in [-0.4, -0.2) is 37.6 Å². The predicted octanol–water partition coefficient (Wildman–Crippen LogP) is 2.90. The highest BCUT2D eigenvalue weighted by atomic mass is 16.6. The first-order valence-corrected chi connectivity index (χ1v) is 8.14. The number of hydrogen-bond acceptors (Lipinski definition) is 9. The number of hydrazone groups is 1. The molecule has 2 heterocycles. The van der Waals surface area contributed by atoms with Crippen molar-refractivity contribution in [1.82, 2.24) is 20.3 Å². The second kappa shape index (κ2) is 7.50. The van der Waals surface area contributed by atoms with Gasteiger partial charge in [0.05, 0.1) is 11.8 Å². The first-order chi connectivity index (χ1) is 13.7. The van der Waals surface area contributed by atoms with Gasteiger partial charge < -0.3 is 10.4 Å². The Morgan fingerprint density at radius 2 is 1.64 bits per heavy atom. The highest BCUT2D eigenvalue weighted by Gasteiger charge is 2.12. The van der Waals surface area contributed by atoms with E-state index in [1.54, 1.807) is 12.1 Å². The number of para-hydroxylation sites is 1. The summed E-state index contributed by atoms with van der Waals surface area (Å²) >= 11 is 0. The van der Waals surface area contributed by atoms with Crippen LogP contribution >= 0.6 is 0 Å². The summed E-state index contributed by atoms with van der Waals surface area (Å²) in [6.45, 7) is 0. The van der Waals surface area contributed by atoms with E-state index in [1.165, 1.54) is 18.3 Å². The number of nitrogens with zero attached hydrogens (tertiary/aromatic N) is 5. The molecule has 4 aromatic rings. The molecule has 4 rings (SSSR count). The minimum atomic E-state index is -0.983. The Bertz CT molecular complexity index is 1140. The van der Waals surface area contributed by atoms with Gasteiger partial charge in [0.25, 0.3) is 0 Å². The molecule has 0 radical (unpaired) electrons. The molecule has 10 heteroatoms. The lowest BCUT2D eigenvalue weighted by Crippen LogP contribution is -2.03. The van der Waals surface area contributed by atoms with Crippen molar-refractivity contribution in [3.63, 3.8) is 0 Å². The molecule has 0 fully saturated rings. The van der Waals surface area contributed by atoms with Crippen LogP contribution in [0.1, 0.15) is 15.9 Å². The van der Waals surface area contributed by atoms with E-state index in [9.17, 15) is 4.79 Å². The smallest absolute Gasteiger partial charge is 0.335 e. The molecule has 0 bridgehead atoms. The summed E-state index contributed by atoms with van der Waals surface area (Å²) in [5.41, 5.74) is 5.04. The van der Waals surface area contributed by atoms with Crippen molar-refractivity contribution in [3.8, 4) is 0 Å². The Morgan fingerprint density at radius 1 is 0.964 bits per heavy atom. The third kappa shape index (κ3) is 3.75. The van der Waals surface area contributed by atoms with Gasteiger partial charge in [-0.2, -0.15) is 10.1 Å². The SMILES string of the molecule is O=C(O)c1ccc(C=NNc2nc3nonc3nc2Nc2ccccc2)cc1. The summed E-state index contributed by atoms with van der Waals surface area (Å²) in [6.07, 6.45) is 1.53. The van der Waals surface area contributed by atoms with Crippen LogP contribution in [0.15, 0.2) is 64.3 Å². The monoisotopic (exact) mass is 375 g/mol. The number of aromatic carboxylic acids is 1. The second-order valence-electron chi connectivity index (χ2n) is 5.62. The summed E-state index contributed by atoms with van der Waals surface area (Å²) in [5.74, 6) is -0.263. The first-order valence-electron chi connectivity index (χ1n) is 8.14. The largest absolute Gasteiger partial charge is 0.478 e. The van der Waals surface area contributed by atoms with Gasteiger partial charge in [-0.1, -0.05) is 30.3 Å². The molecule has 3 N–H and O–H groups in total. The molecule has 10 nitrogen and oxygen atoms in total. The van der Waals surface area contributed by atoms with Gasteiger partial charge in [-0.25, -0.2) is 14.4 Å². The summed E-state index contributed by atoms with van der Waals surface area (Å²) in [4.78, 5) is 19.5. The van der Waals surface area contributed by atoms with Gasteiger partial charge in [0, 0.05) is 5.69 Å². The Hall–Kier alpha value is -4.34. The molecule has 0 spiro atoms. The number of nitrogens with one attached hydrogen (secondary N) is 2. The number of benzene rings is 2. The third-order valence-corrected chi connectivity index (χ3v) is 3.69. The van der Waals surface area contributed by atoms with Crippen molar-refractivity contribution in [3.05, 3.63) is 65.7 Å². The van der Waals surface area contributed by atoms with E-state index >= 15 is 0 Å². The van der Waals surface area contributed by atoms with Gasteiger partial charge in [-0.15, -0.1) is 0 Å². The highest BCUT2D eigenvalue weighted by Crippen LogP contribution is 2.23. The van der Waals surface area contributed by atoms with Gasteiger partial charge in [-0.3, -0.25) is 5.43 Å². The quantitative estimate of drug-likeness (QED) is 0.343. The van der Waals surface area contributed by atoms with Crippen molar-refractivity contribution in [2.75, 3.05) is 10.7 Å². The van der Waals surface area contributed by atoms with Gasteiger partial charge >= 0.3 is 5.97 Å². The predicted molar refractivity (Wildman–Crippen MR) is 102 cm³/mol. The lowest BCUT2D eigenvalue weighted by molar-refractivity contribution is 0.0697. The standard InChI is InChI=1S/C18H13N7O3/c26-18(27)12-8-6-11(7-9-12)10-19-23-15-14(20-13-4-2-1-3-5-13)21-16-17(22-15)25-28-24-16/h1-10H,(H,26,27)(H,20,21,24)(H,22,23,25). The number of carboxylic acids is 1. The van der Waals surface area contributed by atoms with Crippen LogP contribution in [0.25, 0.3) is 11.3 Å². The van der Waals surface area contributed by atoms with Crippen LogP contribution < -0.4 is 10.7 Å². The minimum Gasteiger partial charge on any atom is -0.478 e. The first kappa shape index (κ1) is 17.1. The molecule has 0 aliphatic heterocycles. The number of carbonyl (C=O) groups is 1. The maximum atomic E-state index is 10.9. The minimum absolute atomic E-state index is 0.203. The zero-order valence-corrected chi connectivity index (χ0v) is 14.3. The number of aromatic nitrogens is 4. The maximum Gasteiger partial charge on any atom is 0.335 e. The summed E-state index contributed by atoms with van der Waals surface area (Å²) in [6, 6.07) is 15.7. The van der Waals surface area contributed by atoms with Crippen molar-refractivity contribution in [2.24, 2.45) is 5.10 Å². The lowest BCUT2D eigenvalue weighted by Gasteiger charge is -2.09. The Labute approximate surface area is 157 Å². The lowest BCUT2D eigenvalue weighted by atomic mass is 10.1. The van der Waals surface area contributed by atoms with Crippen LogP contribution in [-0.2, 0) is 0 Å². The molecule has 2 aromatic heterocycles. The van der Waals surface area contributed by atoms with Crippen molar-refractivity contribution < 1.29 is 14.5 Å². The van der Waals surface area contributed by atoms with Crippen LogP contribution in [0.3, 0.4) is 0 Å². The van der Waals surface area contributed by atoms with Gasteiger partial charge in [0.2, 0.25) is 11.3 Å². The highest BCUT2D eigenvalue weighted by molar-refractivity contribution is 5.89. The maximum absolute atomic E-state index is 10.9. The van der Waals surface area contributed by atoms with E-state index in [4.69, 9.17) is 5.11 Å². The van der Waals surface area contributed by atoms with Crippen LogP contribution in [0.4, 0.5) is 17.3 Å². The normalized spacial score (nSPS) is 11.0. The molecule has 0 atom stereocenters. The fourth-order valence-corrected chi connectivity index (χ4v) is 2.34. The topological polar surface area (TPSA) is 138 Å². The van der Waals surface area contributed by atoms with E-state index in [0.29, 0.717) is 17.2 Å². The van der Waals surface area contributed by atoms with Crippen LogP contribution in [0.5, 0.6) is 0 Å². The molecular formula is C18H13N7O3. The fraction of sp³-hybridized carbons (Fsp3) is 0. The molecule has 0 saturated carbocycles. The van der Waals surface area contributed by atoms with Gasteiger partial charge in [-0.05, 0) is 40.1 Å².